The van der Waals surface area contributed by atoms with Gasteiger partial charge in [-0.2, -0.15) is 5.10 Å². The second-order valence-electron chi connectivity index (χ2n) is 6.94. The van der Waals surface area contributed by atoms with Gasteiger partial charge >= 0.3 is 0 Å². The summed E-state index contributed by atoms with van der Waals surface area (Å²) in [4.78, 5) is 7.29. The van der Waals surface area contributed by atoms with Crippen LogP contribution in [0, 0.1) is 19.8 Å². The first-order valence-electron chi connectivity index (χ1n) is 9.24. The molecule has 6 heteroatoms. The molecule has 1 unspecified atom stereocenters. The summed E-state index contributed by atoms with van der Waals surface area (Å²) in [5.74, 6) is 1.72. The fourth-order valence-corrected chi connectivity index (χ4v) is 3.37. The van der Waals surface area contributed by atoms with Gasteiger partial charge in [0.15, 0.2) is 5.96 Å². The second kappa shape index (κ2) is 9.06. The van der Waals surface area contributed by atoms with Gasteiger partial charge < -0.3 is 15.5 Å². The fraction of sp³-hybridized carbons (Fsp3) is 0.778. The molecule has 24 heavy (non-hydrogen) atoms. The van der Waals surface area contributed by atoms with Crippen molar-refractivity contribution in [2.45, 2.75) is 47.1 Å². The number of rotatable bonds is 6. The van der Waals surface area contributed by atoms with Gasteiger partial charge in [-0.05, 0) is 46.1 Å². The number of likely N-dealkylation sites (tertiary alicyclic amines) is 1. The topological polar surface area (TPSA) is 57.5 Å². The van der Waals surface area contributed by atoms with Gasteiger partial charge in [0, 0.05) is 44.5 Å². The van der Waals surface area contributed by atoms with E-state index in [-0.39, 0.29) is 0 Å². The molecule has 0 amide bonds. The number of aromatic nitrogens is 2. The summed E-state index contributed by atoms with van der Waals surface area (Å²) < 4.78 is 1.93. The lowest BCUT2D eigenvalue weighted by Gasteiger charge is -2.30. The molecule has 0 aliphatic carbocycles. The molecule has 2 rings (SSSR count). The molecule has 1 aromatic heterocycles. The summed E-state index contributed by atoms with van der Waals surface area (Å²) in [6.45, 7) is 14.6. The van der Waals surface area contributed by atoms with Crippen LogP contribution in [0.4, 0.5) is 0 Å². The molecule has 6 nitrogen and oxygen atoms in total. The molecule has 1 aliphatic heterocycles. The van der Waals surface area contributed by atoms with Crippen molar-refractivity contribution in [1.82, 2.24) is 25.3 Å². The van der Waals surface area contributed by atoms with E-state index in [1.807, 2.05) is 11.7 Å². The molecule has 2 heterocycles. The molecular formula is C18H34N6. The van der Waals surface area contributed by atoms with E-state index in [1.165, 1.54) is 37.2 Å². The zero-order valence-electron chi connectivity index (χ0n) is 16.0. The van der Waals surface area contributed by atoms with Crippen LogP contribution < -0.4 is 10.6 Å². The van der Waals surface area contributed by atoms with Crippen LogP contribution in [0.3, 0.4) is 0 Å². The average Bonchev–Trinajstić information content (AvgIpc) is 2.78. The maximum atomic E-state index is 4.74. The van der Waals surface area contributed by atoms with Crippen LogP contribution in [0.5, 0.6) is 0 Å². The Morgan fingerprint density at radius 1 is 1.33 bits per heavy atom. The number of guanidine groups is 1. The van der Waals surface area contributed by atoms with Crippen LogP contribution in [-0.4, -0.2) is 53.4 Å². The molecule has 0 aromatic carbocycles. The summed E-state index contributed by atoms with van der Waals surface area (Å²) in [5.41, 5.74) is 3.48. The minimum Gasteiger partial charge on any atom is -0.357 e. The predicted octanol–water partition coefficient (Wildman–Crippen LogP) is 1.82. The Morgan fingerprint density at radius 3 is 2.75 bits per heavy atom. The lowest BCUT2D eigenvalue weighted by molar-refractivity contribution is 0.187. The standard InChI is InChI=1S/C18H34N6/c1-6-19-18(20-9-11-24-10-7-8-14(2)13-24)21-12-17-15(3)22-23(5)16(17)4/h14H,6-13H2,1-5H3,(H2,19,20,21). The van der Waals surface area contributed by atoms with E-state index in [0.717, 1.165) is 37.2 Å². The molecule has 1 aromatic rings. The Labute approximate surface area is 146 Å². The van der Waals surface area contributed by atoms with Crippen molar-refractivity contribution in [3.05, 3.63) is 17.0 Å². The summed E-state index contributed by atoms with van der Waals surface area (Å²) in [5, 5.41) is 11.3. The Bertz CT molecular complexity index is 548. The van der Waals surface area contributed by atoms with Crippen LogP contribution in [0.1, 0.15) is 43.6 Å². The van der Waals surface area contributed by atoms with Crippen molar-refractivity contribution in [3.63, 3.8) is 0 Å². The molecule has 0 spiro atoms. The van der Waals surface area contributed by atoms with Crippen molar-refractivity contribution >= 4 is 5.96 Å². The normalized spacial score (nSPS) is 19.5. The van der Waals surface area contributed by atoms with Gasteiger partial charge in [-0.15, -0.1) is 0 Å². The van der Waals surface area contributed by atoms with Crippen molar-refractivity contribution in [2.75, 3.05) is 32.7 Å². The van der Waals surface area contributed by atoms with Crippen LogP contribution in [-0.2, 0) is 13.6 Å². The first kappa shape index (κ1) is 18.8. The molecule has 1 saturated heterocycles. The van der Waals surface area contributed by atoms with Gasteiger partial charge in [-0.3, -0.25) is 4.68 Å². The molecule has 0 bridgehead atoms. The largest absolute Gasteiger partial charge is 0.357 e. The summed E-state index contributed by atoms with van der Waals surface area (Å²) in [7, 11) is 1.98. The fourth-order valence-electron chi connectivity index (χ4n) is 3.37. The van der Waals surface area contributed by atoms with Gasteiger partial charge in [0.25, 0.3) is 0 Å². The molecule has 2 N–H and O–H groups in total. The molecule has 1 fully saturated rings. The van der Waals surface area contributed by atoms with E-state index in [1.54, 1.807) is 0 Å². The average molecular weight is 335 g/mol. The molecule has 0 saturated carbocycles. The van der Waals surface area contributed by atoms with E-state index in [4.69, 9.17) is 4.99 Å². The van der Waals surface area contributed by atoms with E-state index in [0.29, 0.717) is 6.54 Å². The number of hydrogen-bond donors (Lipinski definition) is 2. The summed E-state index contributed by atoms with van der Waals surface area (Å²) in [6, 6.07) is 0. The molecule has 1 aliphatic rings. The highest BCUT2D eigenvalue weighted by molar-refractivity contribution is 5.79. The van der Waals surface area contributed by atoms with Crippen LogP contribution in [0.25, 0.3) is 0 Å². The highest BCUT2D eigenvalue weighted by atomic mass is 15.3. The Kier molecular flexibility index (Phi) is 7.09. The first-order chi connectivity index (χ1) is 11.5. The first-order valence-corrected chi connectivity index (χ1v) is 9.24. The lowest BCUT2D eigenvalue weighted by atomic mass is 10.0. The monoisotopic (exact) mass is 334 g/mol. The molecule has 136 valence electrons. The number of piperidine rings is 1. The van der Waals surface area contributed by atoms with Crippen LogP contribution in [0.2, 0.25) is 0 Å². The third-order valence-electron chi connectivity index (χ3n) is 4.86. The van der Waals surface area contributed by atoms with E-state index >= 15 is 0 Å². The van der Waals surface area contributed by atoms with Gasteiger partial charge in [0.1, 0.15) is 0 Å². The lowest BCUT2D eigenvalue weighted by Crippen LogP contribution is -2.43. The minimum absolute atomic E-state index is 0.668. The van der Waals surface area contributed by atoms with Crippen LogP contribution >= 0.6 is 0 Å². The highest BCUT2D eigenvalue weighted by Crippen LogP contribution is 2.14. The molecule has 1 atom stereocenters. The summed E-state index contributed by atoms with van der Waals surface area (Å²) >= 11 is 0. The maximum absolute atomic E-state index is 4.74. The van der Waals surface area contributed by atoms with E-state index in [2.05, 4.69) is 48.3 Å². The van der Waals surface area contributed by atoms with Crippen LogP contribution in [0.15, 0.2) is 4.99 Å². The maximum Gasteiger partial charge on any atom is 0.191 e. The third-order valence-corrected chi connectivity index (χ3v) is 4.86. The van der Waals surface area contributed by atoms with Gasteiger partial charge in [-0.1, -0.05) is 6.92 Å². The minimum atomic E-state index is 0.668. The van der Waals surface area contributed by atoms with Gasteiger partial charge in [0.05, 0.1) is 12.2 Å². The predicted molar refractivity (Wildman–Crippen MR) is 100 cm³/mol. The smallest absolute Gasteiger partial charge is 0.191 e. The Morgan fingerprint density at radius 2 is 2.12 bits per heavy atom. The number of nitrogens with one attached hydrogen (secondary N) is 2. The number of aryl methyl sites for hydroxylation is 2. The molecule has 0 radical (unpaired) electrons. The SMILES string of the molecule is CCNC(=NCc1c(C)nn(C)c1C)NCCN1CCCC(C)C1. The zero-order valence-corrected chi connectivity index (χ0v) is 16.0. The number of nitrogens with zero attached hydrogens (tertiary/aromatic N) is 4. The Balaban J connectivity index is 1.86. The quantitative estimate of drug-likeness (QED) is 0.615. The number of aliphatic imine (C=N–C) groups is 1. The zero-order chi connectivity index (χ0) is 17.5. The van der Waals surface area contributed by atoms with Gasteiger partial charge in [0.2, 0.25) is 0 Å². The Hall–Kier alpha value is -1.56. The van der Waals surface area contributed by atoms with Crippen molar-refractivity contribution < 1.29 is 0 Å². The van der Waals surface area contributed by atoms with Crippen molar-refractivity contribution in [1.29, 1.82) is 0 Å². The van der Waals surface area contributed by atoms with Crippen molar-refractivity contribution in [3.8, 4) is 0 Å². The van der Waals surface area contributed by atoms with Gasteiger partial charge in [-0.25, -0.2) is 4.99 Å². The summed E-state index contributed by atoms with van der Waals surface area (Å²) in [6.07, 6.45) is 2.70. The third kappa shape index (κ3) is 5.23. The van der Waals surface area contributed by atoms with Crippen molar-refractivity contribution in [2.24, 2.45) is 18.0 Å². The second-order valence-corrected chi connectivity index (χ2v) is 6.94. The van der Waals surface area contributed by atoms with E-state index in [9.17, 15) is 0 Å². The van der Waals surface area contributed by atoms with E-state index < -0.39 is 0 Å². The molecular weight excluding hydrogens is 300 g/mol. The highest BCUT2D eigenvalue weighted by Gasteiger charge is 2.15. The number of hydrogen-bond acceptors (Lipinski definition) is 3.